The molecule has 0 aliphatic carbocycles. The van der Waals surface area contributed by atoms with E-state index in [4.69, 9.17) is 11.6 Å². The Balaban J connectivity index is 2.01. The minimum atomic E-state index is -0.454. The van der Waals surface area contributed by atoms with Gasteiger partial charge in [-0.1, -0.05) is 30.8 Å². The van der Waals surface area contributed by atoms with Gasteiger partial charge in [0.1, 0.15) is 17.5 Å². The molecule has 0 saturated heterocycles. The molecule has 0 amide bonds. The number of benzene rings is 2. The number of aryl methyl sites for hydroxylation is 1. The van der Waals surface area contributed by atoms with Crippen molar-refractivity contribution in [2.45, 2.75) is 11.8 Å². The average Bonchev–Trinajstić information content (AvgIpc) is 2.70. The van der Waals surface area contributed by atoms with E-state index in [2.05, 4.69) is 33.8 Å². The lowest BCUT2D eigenvalue weighted by atomic mass is 10.1. The molecule has 2 aromatic carbocycles. The van der Waals surface area contributed by atoms with Crippen molar-refractivity contribution in [1.29, 1.82) is 0 Å². The summed E-state index contributed by atoms with van der Waals surface area (Å²) in [5, 5.41) is 6.30. The fraction of sp³-hybridized carbons (Fsp3) is 0.0476. The molecule has 3 aromatic rings. The van der Waals surface area contributed by atoms with E-state index in [1.807, 2.05) is 0 Å². The van der Waals surface area contributed by atoms with E-state index < -0.39 is 5.82 Å². The molecule has 0 spiro atoms. The highest BCUT2D eigenvalue weighted by molar-refractivity contribution is 7.94. The Labute approximate surface area is 177 Å². The third-order valence-corrected chi connectivity index (χ3v) is 4.95. The van der Waals surface area contributed by atoms with Crippen LogP contribution in [-0.2, 0) is 0 Å². The normalized spacial score (nSPS) is 10.5. The maximum absolute atomic E-state index is 14.4. The van der Waals surface area contributed by atoms with Crippen LogP contribution in [0.5, 0.6) is 0 Å². The Morgan fingerprint density at radius 1 is 1.24 bits per heavy atom. The third-order valence-electron chi connectivity index (χ3n) is 4.01. The second-order valence-corrected chi connectivity index (χ2v) is 7.08. The third kappa shape index (κ3) is 4.93. The van der Waals surface area contributed by atoms with Crippen molar-refractivity contribution in [2.75, 3.05) is 10.6 Å². The Kier molecular flexibility index (Phi) is 6.51. The molecule has 148 valence electrons. The van der Waals surface area contributed by atoms with Gasteiger partial charge in [0, 0.05) is 23.1 Å². The highest BCUT2D eigenvalue weighted by Gasteiger charge is 2.13. The van der Waals surface area contributed by atoms with Crippen LogP contribution in [0.25, 0.3) is 11.1 Å². The molecular formula is C21H17ClF2N4S. The molecule has 1 heterocycles. The minimum absolute atomic E-state index is 0.0693. The number of nitrogens with zero attached hydrogens (tertiary/aromatic N) is 2. The lowest BCUT2D eigenvalue weighted by Crippen LogP contribution is -2.03. The van der Waals surface area contributed by atoms with Crippen molar-refractivity contribution in [3.05, 3.63) is 84.2 Å². The summed E-state index contributed by atoms with van der Waals surface area (Å²) in [5.41, 5.74) is 2.71. The van der Waals surface area contributed by atoms with Gasteiger partial charge in [0.25, 0.3) is 0 Å². The zero-order chi connectivity index (χ0) is 21.0. The van der Waals surface area contributed by atoms with Crippen LogP contribution in [0.2, 0.25) is 5.02 Å². The smallest absolute Gasteiger partial charge is 0.146 e. The number of hydrogen-bond donors (Lipinski definition) is 2. The number of rotatable bonds is 7. The fourth-order valence-electron chi connectivity index (χ4n) is 2.57. The number of halogens is 3. The van der Waals surface area contributed by atoms with Crippen molar-refractivity contribution in [3.8, 4) is 11.1 Å². The largest absolute Gasteiger partial charge is 0.356 e. The van der Waals surface area contributed by atoms with Gasteiger partial charge < -0.3 is 10.6 Å². The number of allylic oxidation sites excluding steroid dienone is 1. The molecule has 0 bridgehead atoms. The molecule has 0 fully saturated rings. The quantitative estimate of drug-likeness (QED) is 0.392. The van der Waals surface area contributed by atoms with Gasteiger partial charge in [-0.05, 0) is 48.9 Å². The Morgan fingerprint density at radius 3 is 2.72 bits per heavy atom. The Morgan fingerprint density at radius 2 is 2.03 bits per heavy atom. The molecule has 0 atom stereocenters. The molecule has 4 nitrogen and oxygen atoms in total. The summed E-state index contributed by atoms with van der Waals surface area (Å²) in [6.45, 7) is 9.15. The molecule has 2 N–H and O–H groups in total. The van der Waals surface area contributed by atoms with E-state index in [0.717, 1.165) is 0 Å². The van der Waals surface area contributed by atoms with E-state index in [1.54, 1.807) is 49.5 Å². The summed E-state index contributed by atoms with van der Waals surface area (Å²) >= 11 is 6.19. The summed E-state index contributed by atoms with van der Waals surface area (Å²) in [5.74, 6) is 0.449. The standard InChI is InChI=1S/C21H17ClF2N4S/c1-4-12(2)26-15-6-7-18(23)19(10-15)28-21-16(11-25-13(3)27-21)14-5-8-20(29-24)17(22)9-14/h4-11,26H,1-2H2,3H3,(H,25,27,28). The number of nitrogens with one attached hydrogen (secondary N) is 2. The van der Waals surface area contributed by atoms with Gasteiger partial charge in [-0.25, -0.2) is 14.4 Å². The van der Waals surface area contributed by atoms with Crippen LogP contribution in [0, 0.1) is 12.7 Å². The first-order valence-electron chi connectivity index (χ1n) is 8.48. The zero-order valence-corrected chi connectivity index (χ0v) is 17.0. The van der Waals surface area contributed by atoms with Crippen LogP contribution < -0.4 is 10.6 Å². The first kappa shape index (κ1) is 20.8. The second kappa shape index (κ2) is 9.07. The summed E-state index contributed by atoms with van der Waals surface area (Å²) in [6.07, 6.45) is 3.17. The summed E-state index contributed by atoms with van der Waals surface area (Å²) < 4.78 is 27.3. The first-order chi connectivity index (χ1) is 13.9. The first-order valence-corrected chi connectivity index (χ1v) is 9.58. The molecule has 0 radical (unpaired) electrons. The van der Waals surface area contributed by atoms with Crippen LogP contribution in [0.3, 0.4) is 0 Å². The van der Waals surface area contributed by atoms with Crippen LogP contribution in [0.1, 0.15) is 5.82 Å². The molecular weight excluding hydrogens is 414 g/mol. The molecule has 1 aromatic heterocycles. The lowest BCUT2D eigenvalue weighted by Gasteiger charge is -2.14. The van der Waals surface area contributed by atoms with Gasteiger partial charge in [0.05, 0.1) is 27.8 Å². The van der Waals surface area contributed by atoms with Crippen LogP contribution in [-0.4, -0.2) is 9.97 Å². The Hall–Kier alpha value is -2.90. The van der Waals surface area contributed by atoms with Crippen molar-refractivity contribution >= 4 is 40.9 Å². The van der Waals surface area contributed by atoms with Crippen LogP contribution in [0.4, 0.5) is 25.5 Å². The highest BCUT2D eigenvalue weighted by Crippen LogP contribution is 2.35. The maximum Gasteiger partial charge on any atom is 0.146 e. The number of hydrogen-bond acceptors (Lipinski definition) is 5. The van der Waals surface area contributed by atoms with Gasteiger partial charge >= 0.3 is 0 Å². The van der Waals surface area contributed by atoms with Crippen LogP contribution in [0.15, 0.2) is 72.4 Å². The van der Waals surface area contributed by atoms with Crippen molar-refractivity contribution < 1.29 is 8.28 Å². The highest BCUT2D eigenvalue weighted by atomic mass is 35.5. The zero-order valence-electron chi connectivity index (χ0n) is 15.5. The van der Waals surface area contributed by atoms with Crippen molar-refractivity contribution in [1.82, 2.24) is 9.97 Å². The predicted octanol–water partition coefficient (Wildman–Crippen LogP) is 7.08. The molecule has 29 heavy (non-hydrogen) atoms. The van der Waals surface area contributed by atoms with E-state index in [9.17, 15) is 8.28 Å². The van der Waals surface area contributed by atoms with Crippen molar-refractivity contribution in [2.24, 2.45) is 0 Å². The summed E-state index contributed by atoms with van der Waals surface area (Å²) in [6, 6.07) is 9.41. The topological polar surface area (TPSA) is 49.8 Å². The molecule has 0 aliphatic heterocycles. The number of aromatic nitrogens is 2. The van der Waals surface area contributed by atoms with Gasteiger partial charge in [-0.3, -0.25) is 0 Å². The van der Waals surface area contributed by atoms with Crippen molar-refractivity contribution in [3.63, 3.8) is 0 Å². The van der Waals surface area contributed by atoms with Gasteiger partial charge in [-0.15, -0.1) is 0 Å². The van der Waals surface area contributed by atoms with Gasteiger partial charge in [-0.2, -0.15) is 3.89 Å². The number of anilines is 3. The molecule has 0 saturated carbocycles. The van der Waals surface area contributed by atoms with E-state index in [1.165, 1.54) is 6.07 Å². The van der Waals surface area contributed by atoms with Gasteiger partial charge in [0.15, 0.2) is 0 Å². The van der Waals surface area contributed by atoms with Crippen LogP contribution >= 0.6 is 23.7 Å². The molecule has 3 rings (SSSR count). The SMILES string of the molecule is C=CC(=C)Nc1ccc(F)c(Nc2nc(C)ncc2-c2ccc(SF)c(Cl)c2)c1. The lowest BCUT2D eigenvalue weighted by molar-refractivity contribution is 0.632. The molecule has 8 heteroatoms. The van der Waals surface area contributed by atoms with E-state index in [0.29, 0.717) is 39.0 Å². The second-order valence-electron chi connectivity index (χ2n) is 6.08. The average molecular weight is 431 g/mol. The predicted molar refractivity (Wildman–Crippen MR) is 117 cm³/mol. The molecule has 0 aliphatic rings. The van der Waals surface area contributed by atoms with Gasteiger partial charge in [0.2, 0.25) is 0 Å². The fourth-order valence-corrected chi connectivity index (χ4v) is 3.09. The Bertz CT molecular complexity index is 1090. The minimum Gasteiger partial charge on any atom is -0.356 e. The summed E-state index contributed by atoms with van der Waals surface area (Å²) in [4.78, 5) is 8.93. The van der Waals surface area contributed by atoms with E-state index in [-0.39, 0.29) is 22.9 Å². The molecule has 0 unspecified atom stereocenters. The summed E-state index contributed by atoms with van der Waals surface area (Å²) in [7, 11) is 0. The maximum atomic E-state index is 14.4. The monoisotopic (exact) mass is 430 g/mol. The van der Waals surface area contributed by atoms with E-state index >= 15 is 0 Å².